The van der Waals surface area contributed by atoms with E-state index in [9.17, 15) is 48.3 Å². The van der Waals surface area contributed by atoms with E-state index in [1.807, 2.05) is 13.0 Å². The van der Waals surface area contributed by atoms with Crippen LogP contribution in [0.25, 0.3) is 0 Å². The molecule has 25 nitrogen and oxygen atoms in total. The molecule has 0 aliphatic carbocycles. The van der Waals surface area contributed by atoms with Crippen LogP contribution in [0.1, 0.15) is 109 Å². The average molecular weight is 1400 g/mol. The number of hydrogen-bond acceptors (Lipinski definition) is 17. The number of nitrogens with one attached hydrogen (secondary N) is 5. The number of alkyl halides is 2. The van der Waals surface area contributed by atoms with Gasteiger partial charge in [-0.25, -0.2) is 14.4 Å². The first kappa shape index (κ1) is 73.4. The molecule has 0 aromatic heterocycles. The number of amides is 8. The lowest BCUT2D eigenvalue weighted by molar-refractivity contribution is -0.158. The molecule has 0 spiro atoms. The first-order chi connectivity index (χ1) is 42.0. The van der Waals surface area contributed by atoms with E-state index in [0.717, 1.165) is 22.3 Å². The fourth-order valence-electron chi connectivity index (χ4n) is 10.4. The fourth-order valence-corrected chi connectivity index (χ4v) is 12.2. The molecule has 10 atom stereocenters. The Morgan fingerprint density at radius 3 is 2.35 bits per heavy atom. The first-order valence-electron chi connectivity index (χ1n) is 29.3. The molecule has 8 amide bonds. The third kappa shape index (κ3) is 19.3. The molecular formula is C61H85Br2ClN8O17. The summed E-state index contributed by atoms with van der Waals surface area (Å²) in [6.45, 7) is 10.4. The number of rotatable bonds is 27. The van der Waals surface area contributed by atoms with Crippen molar-refractivity contribution in [2.75, 3.05) is 69.5 Å². The molecule has 2 fully saturated rings. The highest BCUT2D eigenvalue weighted by Crippen LogP contribution is 2.49. The van der Waals surface area contributed by atoms with E-state index < -0.39 is 125 Å². The van der Waals surface area contributed by atoms with Crippen LogP contribution in [-0.2, 0) is 58.9 Å². The van der Waals surface area contributed by atoms with Gasteiger partial charge in [-0.05, 0) is 88.6 Å². The number of unbranched alkanes of at least 4 members (excludes halogenated alkanes) is 2. The van der Waals surface area contributed by atoms with Crippen LogP contribution in [0.5, 0.6) is 11.5 Å². The van der Waals surface area contributed by atoms with Gasteiger partial charge in [-0.1, -0.05) is 94.5 Å². The van der Waals surface area contributed by atoms with Gasteiger partial charge in [-0.2, -0.15) is 0 Å². The zero-order valence-electron chi connectivity index (χ0n) is 52.2. The molecule has 3 heterocycles. The third-order valence-electron chi connectivity index (χ3n) is 16.1. The van der Waals surface area contributed by atoms with E-state index in [1.165, 1.54) is 65.4 Å². The molecule has 5 rings (SSSR count). The summed E-state index contributed by atoms with van der Waals surface area (Å²) in [6.07, 6.45) is 2.32. The van der Waals surface area contributed by atoms with Gasteiger partial charge in [0.15, 0.2) is 12.0 Å². The summed E-state index contributed by atoms with van der Waals surface area (Å²) in [6, 6.07) is 3.11. The number of hydrogen-bond donors (Lipinski definition) is 7. The predicted octanol–water partition coefficient (Wildman–Crippen LogP) is 6.15. The first-order valence-corrected chi connectivity index (χ1v) is 31.9. The maximum atomic E-state index is 14.7. The number of ether oxygens (including phenoxy) is 7. The molecule has 0 unspecified atom stereocenters. The smallest absolute Gasteiger partial charge is 0.409 e. The monoisotopic (exact) mass is 1390 g/mol. The van der Waals surface area contributed by atoms with E-state index in [2.05, 4.69) is 58.4 Å². The Morgan fingerprint density at radius 2 is 1.72 bits per heavy atom. The number of aliphatic hydroxyl groups is 1. The molecule has 0 radical (unpaired) electrons. The molecule has 2 aromatic rings. The Morgan fingerprint density at radius 1 is 1.01 bits per heavy atom. The maximum Gasteiger partial charge on any atom is 0.409 e. The third-order valence-corrected chi connectivity index (χ3v) is 18.4. The van der Waals surface area contributed by atoms with E-state index >= 15 is 0 Å². The topological polar surface area (TPSA) is 334 Å². The van der Waals surface area contributed by atoms with Gasteiger partial charge in [0.2, 0.25) is 23.6 Å². The van der Waals surface area contributed by atoms with Crippen LogP contribution in [0.3, 0.4) is 0 Å². The van der Waals surface area contributed by atoms with Crippen LogP contribution >= 0.6 is 43.5 Å². The lowest BCUT2D eigenvalue weighted by atomic mass is 9.83. The number of likely N-dealkylation sites (N-methyl/N-ethyl adjacent to an activating group) is 1. The van der Waals surface area contributed by atoms with Gasteiger partial charge in [-0.3, -0.25) is 29.3 Å². The van der Waals surface area contributed by atoms with E-state index in [4.69, 9.17) is 50.5 Å². The van der Waals surface area contributed by atoms with Crippen LogP contribution in [0.2, 0.25) is 5.02 Å². The summed E-state index contributed by atoms with van der Waals surface area (Å²) in [5.74, 6) is -4.79. The minimum absolute atomic E-state index is 0.0333. The Labute approximate surface area is 541 Å². The van der Waals surface area contributed by atoms with Crippen molar-refractivity contribution >= 4 is 109 Å². The highest BCUT2D eigenvalue weighted by molar-refractivity contribution is 9.10. The Bertz CT molecular complexity index is 2950. The summed E-state index contributed by atoms with van der Waals surface area (Å²) in [4.78, 5) is 124. The predicted molar refractivity (Wildman–Crippen MR) is 338 cm³/mol. The highest BCUT2D eigenvalue weighted by Gasteiger charge is 2.64. The number of esters is 1. The number of epoxide rings is 1. The Hall–Kier alpha value is -6.36. The van der Waals surface area contributed by atoms with Crippen molar-refractivity contribution in [3.63, 3.8) is 0 Å². The number of aldehydes is 1. The molecule has 8 N–H and O–H groups in total. The number of nitrogens with zero attached hydrogens (tertiary/aromatic N) is 2. The standard InChI is InChI=1S/C61H85Br2ClN8O17/c1-34(2)51(69-48(74)20-13-12-14-24-86-60(31-62,32-63)33-73)54(77)67-41(18-16-23-66-57(65)80)53(76)68-42-28-39(83-9)21-22-40(42)55(78)71(7)37(5)56(79)88-47-29-49(75)72(8)43-26-38(27-44(84-10)50(43)64)25-35(3)17-15-19-46(85-11)61(82)30-45(87-58(81)70-61)36(4)52-59(47,6)89-52/h15,17,19,21-22,26-28,33-34,36-37,41,45-47,51-52,82H,12-14,16,18,20,23-25,29-32H2,1-11H3,(H,67,77)(H,68,76)(H,69,74)(H,70,81)(H3,65,66,80)/b19-15+,35-17+/t36-,37+,41+,45+,46-,47+,51+,52+,59+,61+/m1/s1. The summed E-state index contributed by atoms with van der Waals surface area (Å²) in [5.41, 5.74) is 2.63. The van der Waals surface area contributed by atoms with Crippen LogP contribution in [0.4, 0.5) is 21.0 Å². The normalized spacial score (nSPS) is 23.9. The minimum atomic E-state index is -1.94. The van der Waals surface area contributed by atoms with Gasteiger partial charge in [0, 0.05) is 69.8 Å². The quantitative estimate of drug-likeness (QED) is 0.0173. The molecule has 3 aliphatic heterocycles. The van der Waals surface area contributed by atoms with Gasteiger partial charge in [0.05, 0.1) is 43.7 Å². The second kappa shape index (κ2) is 33.1. The zero-order valence-corrected chi connectivity index (χ0v) is 56.1. The summed E-state index contributed by atoms with van der Waals surface area (Å²) >= 11 is 13.5. The molecular weight excluding hydrogens is 1310 g/mol. The van der Waals surface area contributed by atoms with Crippen molar-refractivity contribution in [3.05, 3.63) is 70.3 Å². The number of anilines is 2. The molecule has 2 saturated heterocycles. The number of urea groups is 1. The Kier molecular flexibility index (Phi) is 27.3. The molecule has 0 saturated carbocycles. The number of carbonyl (C=O) groups is 9. The average Bonchev–Trinajstić information content (AvgIpc) is 1.61. The van der Waals surface area contributed by atoms with Gasteiger partial charge in [0.1, 0.15) is 64.2 Å². The second-order valence-electron chi connectivity index (χ2n) is 23.1. The molecule has 2 aromatic carbocycles. The fraction of sp³-hybridized carbons (Fsp3) is 0.590. The van der Waals surface area contributed by atoms with Crippen molar-refractivity contribution < 1.29 is 81.4 Å². The number of alkyl carbamates (subject to hydrolysis) is 1. The zero-order chi connectivity index (χ0) is 66.1. The van der Waals surface area contributed by atoms with Crippen LogP contribution < -0.4 is 46.7 Å². The van der Waals surface area contributed by atoms with Gasteiger partial charge < -0.3 is 79.9 Å². The number of allylic oxidation sites excluding steroid dienone is 3. The van der Waals surface area contributed by atoms with Crippen LogP contribution in [-0.4, -0.2) is 183 Å². The van der Waals surface area contributed by atoms with Gasteiger partial charge >= 0.3 is 18.1 Å². The largest absolute Gasteiger partial charge is 0.497 e. The van der Waals surface area contributed by atoms with Crippen molar-refractivity contribution in [2.45, 2.75) is 159 Å². The minimum Gasteiger partial charge on any atom is -0.497 e. The molecule has 28 heteroatoms. The second-order valence-corrected chi connectivity index (χ2v) is 24.6. The highest BCUT2D eigenvalue weighted by atomic mass is 79.9. The van der Waals surface area contributed by atoms with Gasteiger partial charge in [0.25, 0.3) is 5.91 Å². The van der Waals surface area contributed by atoms with Crippen molar-refractivity contribution in [3.8, 4) is 11.5 Å². The van der Waals surface area contributed by atoms with Crippen molar-refractivity contribution in [1.82, 2.24) is 26.2 Å². The van der Waals surface area contributed by atoms with Gasteiger partial charge in [-0.15, -0.1) is 0 Å². The number of carbonyl (C=O) groups excluding carboxylic acids is 9. The lowest BCUT2D eigenvalue weighted by Crippen LogP contribution is -2.63. The van der Waals surface area contributed by atoms with E-state index in [0.29, 0.717) is 47.8 Å². The molecule has 4 bridgehead atoms. The molecule has 3 aliphatic rings. The van der Waals surface area contributed by atoms with E-state index in [1.54, 1.807) is 52.0 Å². The summed E-state index contributed by atoms with van der Waals surface area (Å²) in [5, 5.41) is 26.0. The summed E-state index contributed by atoms with van der Waals surface area (Å²) < 4.78 is 40.9. The Balaban J connectivity index is 1.40. The van der Waals surface area contributed by atoms with E-state index in [-0.39, 0.29) is 60.9 Å². The number of halogens is 3. The molecule has 89 heavy (non-hydrogen) atoms. The number of methoxy groups -OCH3 is 3. The van der Waals surface area contributed by atoms with Crippen LogP contribution in [0, 0.1) is 11.8 Å². The SMILES string of the molecule is COc1ccc(C(=O)N(C)[C@@H](C)C(=O)O[C@H]2CC(=O)N(C)c3cc(cc(OC)c3Cl)C/C(C)=C/C=C/[C@@H](OC)[C@@]3(O)C[C@H](OC(=O)N3)[C@@H](C)[C@@H]3O[C@@]23C)c(NC(=O)[C@H](CCCNC(N)=O)NC(=O)[C@@H](NC(=O)CCCCCOC(C=O)(CBr)CBr)C(C)C)c1. The van der Waals surface area contributed by atoms with Crippen molar-refractivity contribution in [1.29, 1.82) is 0 Å². The lowest BCUT2D eigenvalue weighted by Gasteiger charge is -2.42. The number of benzene rings is 2. The number of primary amides is 1. The van der Waals surface area contributed by atoms with Crippen LogP contribution in [0.15, 0.2) is 54.1 Å². The molecule has 492 valence electrons. The number of nitrogens with two attached hydrogens (primary N) is 1. The maximum absolute atomic E-state index is 14.7. The number of fused-ring (bicyclic) bond motifs is 5. The van der Waals surface area contributed by atoms with Crippen molar-refractivity contribution in [2.24, 2.45) is 17.6 Å². The summed E-state index contributed by atoms with van der Waals surface area (Å²) in [7, 11) is 7.06.